The van der Waals surface area contributed by atoms with Gasteiger partial charge in [0, 0.05) is 16.2 Å². The van der Waals surface area contributed by atoms with Crippen LogP contribution < -0.4 is 0 Å². The Kier molecular flexibility index (Phi) is 2.68. The van der Waals surface area contributed by atoms with Gasteiger partial charge in [-0.25, -0.2) is 9.78 Å². The summed E-state index contributed by atoms with van der Waals surface area (Å²) in [5.74, 6) is -0.496. The first-order chi connectivity index (χ1) is 7.63. The molecule has 1 saturated carbocycles. The highest BCUT2D eigenvalue weighted by molar-refractivity contribution is 9.10. The molecule has 0 unspecified atom stereocenters. The van der Waals surface area contributed by atoms with Gasteiger partial charge in [0.2, 0.25) is 0 Å². The molecule has 5 heteroatoms. The van der Waals surface area contributed by atoms with Gasteiger partial charge in [0.05, 0.1) is 18.6 Å². The van der Waals surface area contributed by atoms with E-state index >= 15 is 0 Å². The maximum Gasteiger partial charge on any atom is 0.356 e. The number of hydrogen-bond donors (Lipinski definition) is 0. The van der Waals surface area contributed by atoms with Gasteiger partial charge in [-0.15, -0.1) is 0 Å². The molecule has 0 aromatic carbocycles. The number of rotatable bonds is 2. The van der Waals surface area contributed by atoms with Crippen molar-refractivity contribution in [3.05, 3.63) is 28.0 Å². The molecule has 0 radical (unpaired) electrons. The van der Waals surface area contributed by atoms with E-state index < -0.39 is 11.4 Å². The molecule has 1 heterocycles. The summed E-state index contributed by atoms with van der Waals surface area (Å²) in [5.41, 5.74) is 0.362. The minimum Gasteiger partial charge on any atom is -0.464 e. The van der Waals surface area contributed by atoms with Crippen molar-refractivity contribution in [1.29, 1.82) is 5.26 Å². The van der Waals surface area contributed by atoms with E-state index in [2.05, 4.69) is 31.7 Å². The summed E-state index contributed by atoms with van der Waals surface area (Å²) in [6.07, 6.45) is 3.07. The normalized spacial score (nSPS) is 16.3. The number of hydrogen-bond acceptors (Lipinski definition) is 4. The Balaban J connectivity index is 2.54. The summed E-state index contributed by atoms with van der Waals surface area (Å²) < 4.78 is 5.42. The van der Waals surface area contributed by atoms with Crippen molar-refractivity contribution in [3.8, 4) is 6.07 Å². The Morgan fingerprint density at radius 2 is 2.38 bits per heavy atom. The molecule has 0 amide bonds. The number of halogens is 1. The van der Waals surface area contributed by atoms with Crippen molar-refractivity contribution in [3.63, 3.8) is 0 Å². The predicted molar refractivity (Wildman–Crippen MR) is 59.8 cm³/mol. The minimum absolute atomic E-state index is 0.241. The molecule has 1 fully saturated rings. The average molecular weight is 281 g/mol. The summed E-state index contributed by atoms with van der Waals surface area (Å²) in [5, 5.41) is 9.13. The second-order valence-electron chi connectivity index (χ2n) is 3.74. The van der Waals surface area contributed by atoms with Gasteiger partial charge in [0.15, 0.2) is 5.69 Å². The van der Waals surface area contributed by atoms with E-state index in [1.165, 1.54) is 13.3 Å². The third-order valence-electron chi connectivity index (χ3n) is 2.71. The first kappa shape index (κ1) is 11.1. The van der Waals surface area contributed by atoms with Crippen LogP contribution in [-0.4, -0.2) is 18.1 Å². The lowest BCUT2D eigenvalue weighted by Gasteiger charge is -2.10. The number of esters is 1. The molecule has 0 N–H and O–H groups in total. The first-order valence-electron chi connectivity index (χ1n) is 4.78. The van der Waals surface area contributed by atoms with Crippen molar-refractivity contribution in [2.75, 3.05) is 7.11 Å². The van der Waals surface area contributed by atoms with Crippen LogP contribution in [0.3, 0.4) is 0 Å². The van der Waals surface area contributed by atoms with Crippen molar-refractivity contribution < 1.29 is 9.53 Å². The van der Waals surface area contributed by atoms with Gasteiger partial charge in [0.1, 0.15) is 0 Å². The fourth-order valence-electron chi connectivity index (χ4n) is 1.63. The van der Waals surface area contributed by atoms with Gasteiger partial charge >= 0.3 is 5.97 Å². The van der Waals surface area contributed by atoms with E-state index in [1.807, 2.05) is 0 Å². The second kappa shape index (κ2) is 3.87. The van der Waals surface area contributed by atoms with Crippen LogP contribution in [0.25, 0.3) is 0 Å². The lowest BCUT2D eigenvalue weighted by molar-refractivity contribution is 0.0592. The van der Waals surface area contributed by atoms with E-state index in [0.717, 1.165) is 17.3 Å². The molecule has 0 bridgehead atoms. The highest BCUT2D eigenvalue weighted by atomic mass is 79.9. The summed E-state index contributed by atoms with van der Waals surface area (Å²) in [4.78, 5) is 15.6. The number of methoxy groups -OCH3 is 1. The lowest BCUT2D eigenvalue weighted by atomic mass is 9.96. The van der Waals surface area contributed by atoms with Crippen molar-refractivity contribution in [2.45, 2.75) is 18.3 Å². The lowest BCUT2D eigenvalue weighted by Crippen LogP contribution is -2.14. The second-order valence-corrected chi connectivity index (χ2v) is 4.65. The van der Waals surface area contributed by atoms with Crippen LogP contribution >= 0.6 is 15.9 Å². The maximum absolute atomic E-state index is 11.5. The van der Waals surface area contributed by atoms with Crippen LogP contribution in [0.4, 0.5) is 0 Å². The minimum atomic E-state index is -0.541. The summed E-state index contributed by atoms with van der Waals surface area (Å²) in [6.45, 7) is 0. The van der Waals surface area contributed by atoms with Gasteiger partial charge in [0.25, 0.3) is 0 Å². The molecule has 1 aliphatic rings. The molecule has 16 heavy (non-hydrogen) atoms. The number of pyridine rings is 1. The van der Waals surface area contributed by atoms with Gasteiger partial charge < -0.3 is 4.74 Å². The summed E-state index contributed by atoms with van der Waals surface area (Å²) in [6, 6.07) is 4.02. The van der Waals surface area contributed by atoms with E-state index in [-0.39, 0.29) is 5.69 Å². The number of carbonyl (C=O) groups excluding carboxylic acids is 1. The molecule has 1 aromatic heterocycles. The molecule has 0 spiro atoms. The number of nitrogens with zero attached hydrogens (tertiary/aromatic N) is 2. The van der Waals surface area contributed by atoms with Crippen LogP contribution in [0.2, 0.25) is 0 Å². The fourth-order valence-corrected chi connectivity index (χ4v) is 1.96. The number of nitriles is 1. The summed E-state index contributed by atoms with van der Waals surface area (Å²) in [7, 11) is 1.31. The highest BCUT2D eigenvalue weighted by Gasteiger charge is 2.47. The van der Waals surface area contributed by atoms with Crippen LogP contribution in [0.1, 0.15) is 28.9 Å². The molecular weight excluding hydrogens is 272 g/mol. The molecular formula is C11H9BrN2O2. The number of ether oxygens (including phenoxy) is 1. The molecule has 4 nitrogen and oxygen atoms in total. The molecule has 2 rings (SSSR count). The molecule has 0 atom stereocenters. The van der Waals surface area contributed by atoms with E-state index in [4.69, 9.17) is 5.26 Å². The molecule has 1 aromatic rings. The van der Waals surface area contributed by atoms with Crippen LogP contribution in [0.15, 0.2) is 16.7 Å². The Morgan fingerprint density at radius 1 is 1.69 bits per heavy atom. The average Bonchev–Trinajstić information content (AvgIpc) is 3.09. The predicted octanol–water partition coefficient (Wildman–Crippen LogP) is 2.19. The van der Waals surface area contributed by atoms with Crippen LogP contribution in [0.5, 0.6) is 0 Å². The van der Waals surface area contributed by atoms with E-state index in [1.54, 1.807) is 6.07 Å². The highest BCUT2D eigenvalue weighted by Crippen LogP contribution is 2.49. The fraction of sp³-hybridized carbons (Fsp3) is 0.364. The first-order valence-corrected chi connectivity index (χ1v) is 5.58. The van der Waals surface area contributed by atoms with Crippen LogP contribution in [-0.2, 0) is 10.2 Å². The molecule has 0 saturated heterocycles. The Hall–Kier alpha value is -1.41. The largest absolute Gasteiger partial charge is 0.464 e. The molecule has 1 aliphatic carbocycles. The zero-order valence-electron chi connectivity index (χ0n) is 8.66. The standard InChI is InChI=1S/C11H9BrN2O2/c1-16-10(15)9-8(4-7(12)5-14-9)11(6-13)2-3-11/h4-5H,2-3H2,1H3. The Labute approximate surface area is 101 Å². The SMILES string of the molecule is COC(=O)c1ncc(Br)cc1C1(C#N)CC1. The smallest absolute Gasteiger partial charge is 0.356 e. The van der Waals surface area contributed by atoms with Crippen molar-refractivity contribution in [2.24, 2.45) is 0 Å². The van der Waals surface area contributed by atoms with Crippen molar-refractivity contribution in [1.82, 2.24) is 4.98 Å². The quantitative estimate of drug-likeness (QED) is 0.779. The van der Waals surface area contributed by atoms with Gasteiger partial charge in [-0.3, -0.25) is 0 Å². The maximum atomic E-state index is 11.5. The van der Waals surface area contributed by atoms with Crippen molar-refractivity contribution >= 4 is 21.9 Å². The summed E-state index contributed by atoms with van der Waals surface area (Å²) >= 11 is 3.29. The van der Waals surface area contributed by atoms with Gasteiger partial charge in [-0.05, 0) is 34.8 Å². The monoisotopic (exact) mass is 280 g/mol. The zero-order chi connectivity index (χ0) is 11.8. The number of aromatic nitrogens is 1. The third kappa shape index (κ3) is 1.69. The van der Waals surface area contributed by atoms with Gasteiger partial charge in [-0.1, -0.05) is 0 Å². The topological polar surface area (TPSA) is 63.0 Å². The van der Waals surface area contributed by atoms with E-state index in [9.17, 15) is 4.79 Å². The zero-order valence-corrected chi connectivity index (χ0v) is 10.2. The molecule has 0 aliphatic heterocycles. The Morgan fingerprint density at radius 3 is 2.88 bits per heavy atom. The number of carbonyl (C=O) groups is 1. The van der Waals surface area contributed by atoms with Gasteiger partial charge in [-0.2, -0.15) is 5.26 Å². The van der Waals surface area contributed by atoms with E-state index in [0.29, 0.717) is 5.56 Å². The van der Waals surface area contributed by atoms with Crippen LogP contribution in [0, 0.1) is 11.3 Å². The third-order valence-corrected chi connectivity index (χ3v) is 3.15. The Bertz CT molecular complexity index is 489. The molecule has 82 valence electrons.